The van der Waals surface area contributed by atoms with Crippen LogP contribution in [0.15, 0.2) is 57.6 Å². The van der Waals surface area contributed by atoms with Gasteiger partial charge in [0.2, 0.25) is 5.91 Å². The van der Waals surface area contributed by atoms with E-state index in [4.69, 9.17) is 9.15 Å². The number of rotatable bonds is 8. The Morgan fingerprint density at radius 2 is 2.20 bits per heavy atom. The summed E-state index contributed by atoms with van der Waals surface area (Å²) in [5.41, 5.74) is 1.74. The number of carbonyl (C=O) groups excluding carboxylic acids is 1. The molecule has 0 spiro atoms. The minimum Gasteiger partial charge on any atom is -0.497 e. The molecule has 3 heterocycles. The fraction of sp³-hybridized carbons (Fsp3) is 0.200. The van der Waals surface area contributed by atoms with Gasteiger partial charge in [0.15, 0.2) is 16.1 Å². The van der Waals surface area contributed by atoms with Gasteiger partial charge in [-0.05, 0) is 31.2 Å². The minimum absolute atomic E-state index is 0.148. The predicted octanol–water partition coefficient (Wildman–Crippen LogP) is 4.09. The van der Waals surface area contributed by atoms with Crippen LogP contribution in [0.2, 0.25) is 0 Å². The van der Waals surface area contributed by atoms with E-state index >= 15 is 0 Å². The highest BCUT2D eigenvalue weighted by molar-refractivity contribution is 7.99. The smallest absolute Gasteiger partial charge is 0.236 e. The lowest BCUT2D eigenvalue weighted by Gasteiger charge is -2.09. The lowest BCUT2D eigenvalue weighted by atomic mass is 10.2. The van der Waals surface area contributed by atoms with Crippen molar-refractivity contribution in [1.82, 2.24) is 19.7 Å². The molecule has 0 aliphatic carbocycles. The molecule has 0 aliphatic rings. The second kappa shape index (κ2) is 9.14. The van der Waals surface area contributed by atoms with Gasteiger partial charge in [0.1, 0.15) is 11.5 Å². The zero-order valence-corrected chi connectivity index (χ0v) is 18.0. The predicted molar refractivity (Wildman–Crippen MR) is 116 cm³/mol. The molecule has 0 radical (unpaired) electrons. The Morgan fingerprint density at radius 3 is 2.93 bits per heavy atom. The number of thioether (sulfide) groups is 1. The maximum absolute atomic E-state index is 12.3. The Kier molecular flexibility index (Phi) is 6.15. The number of nitrogens with one attached hydrogen (secondary N) is 1. The molecule has 0 atom stereocenters. The quantitative estimate of drug-likeness (QED) is 0.412. The molecular weight excluding hydrogens is 422 g/mol. The molecule has 154 valence electrons. The Labute approximate surface area is 181 Å². The van der Waals surface area contributed by atoms with Crippen molar-refractivity contribution >= 4 is 34.1 Å². The van der Waals surface area contributed by atoms with E-state index in [1.165, 1.54) is 23.1 Å². The number of hydrogen-bond acceptors (Lipinski definition) is 8. The van der Waals surface area contributed by atoms with Crippen LogP contribution in [-0.4, -0.2) is 38.5 Å². The largest absolute Gasteiger partial charge is 0.497 e. The summed E-state index contributed by atoms with van der Waals surface area (Å²) in [5, 5.41) is 14.6. The third-order valence-corrected chi connectivity index (χ3v) is 5.98. The second-order valence-corrected chi connectivity index (χ2v) is 8.14. The van der Waals surface area contributed by atoms with Gasteiger partial charge in [0.25, 0.3) is 0 Å². The number of ether oxygens (including phenoxy) is 1. The van der Waals surface area contributed by atoms with Crippen LogP contribution in [0.3, 0.4) is 0 Å². The highest BCUT2D eigenvalue weighted by Gasteiger charge is 2.18. The van der Waals surface area contributed by atoms with Crippen LogP contribution in [0.4, 0.5) is 5.13 Å². The summed E-state index contributed by atoms with van der Waals surface area (Å²) in [6.07, 6.45) is 1.63. The Hall–Kier alpha value is -3.11. The third-order valence-electron chi connectivity index (χ3n) is 4.14. The summed E-state index contributed by atoms with van der Waals surface area (Å²) >= 11 is 2.71. The van der Waals surface area contributed by atoms with Gasteiger partial charge in [-0.25, -0.2) is 4.98 Å². The number of thiazole rings is 1. The average Bonchev–Trinajstić information content (AvgIpc) is 3.49. The lowest BCUT2D eigenvalue weighted by molar-refractivity contribution is -0.113. The van der Waals surface area contributed by atoms with E-state index in [2.05, 4.69) is 20.5 Å². The lowest BCUT2D eigenvalue weighted by Crippen LogP contribution is -2.14. The fourth-order valence-corrected chi connectivity index (χ4v) is 4.21. The fourth-order valence-electron chi connectivity index (χ4n) is 2.77. The molecule has 8 nitrogen and oxygen atoms in total. The second-order valence-electron chi connectivity index (χ2n) is 6.33. The van der Waals surface area contributed by atoms with Gasteiger partial charge >= 0.3 is 0 Å². The molecule has 4 aromatic rings. The molecule has 1 N–H and O–H groups in total. The van der Waals surface area contributed by atoms with Gasteiger partial charge in [-0.2, -0.15) is 0 Å². The minimum atomic E-state index is -0.148. The van der Waals surface area contributed by atoms with E-state index < -0.39 is 0 Å². The monoisotopic (exact) mass is 441 g/mol. The number of nitrogens with zero attached hydrogens (tertiary/aromatic N) is 4. The van der Waals surface area contributed by atoms with Crippen LogP contribution in [0.1, 0.15) is 11.5 Å². The number of aromatic nitrogens is 4. The summed E-state index contributed by atoms with van der Waals surface area (Å²) < 4.78 is 12.8. The van der Waals surface area contributed by atoms with Crippen LogP contribution in [0.5, 0.6) is 5.75 Å². The Morgan fingerprint density at radius 1 is 1.30 bits per heavy atom. The van der Waals surface area contributed by atoms with E-state index in [9.17, 15) is 4.79 Å². The standard InChI is InChI=1S/C20H19N5O3S2/c1-13-11-29-19(21-13)22-17(26)12-30-20-24-23-18(14-5-3-6-15(9-14)27-2)25(20)10-16-7-4-8-28-16/h3-9,11H,10,12H2,1-2H3,(H,21,22,26). The number of hydrogen-bond donors (Lipinski definition) is 1. The molecule has 1 aromatic carbocycles. The number of benzene rings is 1. The zero-order chi connectivity index (χ0) is 20.9. The topological polar surface area (TPSA) is 95.1 Å². The van der Waals surface area contributed by atoms with E-state index in [0.29, 0.717) is 22.7 Å². The molecule has 10 heteroatoms. The van der Waals surface area contributed by atoms with Crippen LogP contribution in [0, 0.1) is 6.92 Å². The number of methoxy groups -OCH3 is 1. The Balaban J connectivity index is 1.55. The van der Waals surface area contributed by atoms with E-state index in [0.717, 1.165) is 22.8 Å². The molecule has 0 bridgehead atoms. The SMILES string of the molecule is COc1cccc(-c2nnc(SCC(=O)Nc3nc(C)cs3)n2Cc2ccco2)c1. The van der Waals surface area contributed by atoms with Gasteiger partial charge in [0, 0.05) is 10.9 Å². The van der Waals surface area contributed by atoms with Crippen molar-refractivity contribution in [3.8, 4) is 17.1 Å². The molecule has 0 saturated heterocycles. The van der Waals surface area contributed by atoms with Gasteiger partial charge in [-0.15, -0.1) is 21.5 Å². The van der Waals surface area contributed by atoms with Gasteiger partial charge < -0.3 is 14.5 Å². The number of furan rings is 1. The van der Waals surface area contributed by atoms with E-state index in [1.807, 2.05) is 53.3 Å². The molecule has 3 aromatic heterocycles. The molecule has 4 rings (SSSR count). The number of amides is 1. The van der Waals surface area contributed by atoms with Crippen LogP contribution in [0.25, 0.3) is 11.4 Å². The van der Waals surface area contributed by atoms with E-state index in [-0.39, 0.29) is 11.7 Å². The summed E-state index contributed by atoms with van der Waals surface area (Å²) in [6.45, 7) is 2.33. The molecule has 0 fully saturated rings. The molecule has 1 amide bonds. The normalized spacial score (nSPS) is 10.9. The van der Waals surface area contributed by atoms with Crippen LogP contribution >= 0.6 is 23.1 Å². The summed E-state index contributed by atoms with van der Waals surface area (Å²) in [4.78, 5) is 16.6. The van der Waals surface area contributed by atoms with Crippen LogP contribution < -0.4 is 10.1 Å². The first-order valence-electron chi connectivity index (χ1n) is 9.07. The maximum Gasteiger partial charge on any atom is 0.236 e. The molecule has 30 heavy (non-hydrogen) atoms. The van der Waals surface area contributed by atoms with Crippen molar-refractivity contribution < 1.29 is 13.9 Å². The molecule has 0 saturated carbocycles. The summed E-state index contributed by atoms with van der Waals surface area (Å²) in [7, 11) is 1.62. The number of aryl methyl sites for hydroxylation is 1. The summed E-state index contributed by atoms with van der Waals surface area (Å²) in [5.74, 6) is 2.21. The van der Waals surface area contributed by atoms with Crippen molar-refractivity contribution in [2.75, 3.05) is 18.2 Å². The third kappa shape index (κ3) is 4.71. The van der Waals surface area contributed by atoms with Crippen molar-refractivity contribution in [3.63, 3.8) is 0 Å². The highest BCUT2D eigenvalue weighted by Crippen LogP contribution is 2.28. The first kappa shape index (κ1) is 20.2. The number of anilines is 1. The molecule has 0 aliphatic heterocycles. The van der Waals surface area contributed by atoms with Gasteiger partial charge in [0.05, 0.1) is 31.4 Å². The van der Waals surface area contributed by atoms with E-state index in [1.54, 1.807) is 13.4 Å². The van der Waals surface area contributed by atoms with Crippen molar-refractivity contribution in [1.29, 1.82) is 0 Å². The highest BCUT2D eigenvalue weighted by atomic mass is 32.2. The first-order chi connectivity index (χ1) is 14.6. The van der Waals surface area contributed by atoms with Crippen molar-refractivity contribution in [2.24, 2.45) is 0 Å². The maximum atomic E-state index is 12.3. The average molecular weight is 442 g/mol. The van der Waals surface area contributed by atoms with Crippen molar-refractivity contribution in [3.05, 3.63) is 59.5 Å². The van der Waals surface area contributed by atoms with Crippen LogP contribution in [-0.2, 0) is 11.3 Å². The van der Waals surface area contributed by atoms with Gasteiger partial charge in [-0.3, -0.25) is 9.36 Å². The Bertz CT molecular complexity index is 1140. The number of carbonyl (C=O) groups is 1. The first-order valence-corrected chi connectivity index (χ1v) is 10.9. The summed E-state index contributed by atoms with van der Waals surface area (Å²) in [6, 6.07) is 11.3. The molecule has 0 unspecified atom stereocenters. The van der Waals surface area contributed by atoms with Crippen molar-refractivity contribution in [2.45, 2.75) is 18.6 Å². The molecular formula is C20H19N5O3S2. The van der Waals surface area contributed by atoms with Gasteiger partial charge in [-0.1, -0.05) is 23.9 Å². The zero-order valence-electron chi connectivity index (χ0n) is 16.4.